The zero-order chi connectivity index (χ0) is 14.1. The van der Waals surface area contributed by atoms with Crippen molar-refractivity contribution in [1.82, 2.24) is 10.1 Å². The summed E-state index contributed by atoms with van der Waals surface area (Å²) >= 11 is 0. The van der Waals surface area contributed by atoms with E-state index in [-0.39, 0.29) is 11.9 Å². The van der Waals surface area contributed by atoms with Crippen molar-refractivity contribution in [3.63, 3.8) is 0 Å². The largest absolute Gasteiger partial charge is 0.469 e. The molecule has 0 saturated heterocycles. The number of aromatic nitrogens is 2. The maximum atomic E-state index is 11.7. The van der Waals surface area contributed by atoms with Gasteiger partial charge in [-0.15, -0.1) is 0 Å². The van der Waals surface area contributed by atoms with Gasteiger partial charge in [-0.1, -0.05) is 24.2 Å². The predicted molar refractivity (Wildman–Crippen MR) is 72.2 cm³/mol. The highest BCUT2D eigenvalue weighted by atomic mass is 16.5. The molecule has 1 atom stereocenters. The molecule has 0 spiro atoms. The van der Waals surface area contributed by atoms with Crippen molar-refractivity contribution in [2.45, 2.75) is 32.1 Å². The number of fused-ring (bicyclic) bond motifs is 1. The molecule has 104 valence electrons. The molecule has 1 unspecified atom stereocenters. The minimum Gasteiger partial charge on any atom is -0.469 e. The van der Waals surface area contributed by atoms with Crippen LogP contribution in [-0.4, -0.2) is 23.2 Å². The Hall–Kier alpha value is -2.17. The summed E-state index contributed by atoms with van der Waals surface area (Å²) in [6.45, 7) is 1.97. The fourth-order valence-electron chi connectivity index (χ4n) is 2.66. The molecule has 0 bridgehead atoms. The van der Waals surface area contributed by atoms with E-state index in [1.807, 2.05) is 25.1 Å². The highest BCUT2D eigenvalue weighted by Crippen LogP contribution is 2.35. The first-order chi connectivity index (χ1) is 9.72. The highest BCUT2D eigenvalue weighted by Gasteiger charge is 2.29. The number of hydrogen-bond donors (Lipinski definition) is 0. The number of benzene rings is 1. The summed E-state index contributed by atoms with van der Waals surface area (Å²) < 4.78 is 9.97. The summed E-state index contributed by atoms with van der Waals surface area (Å²) in [5.41, 5.74) is 3.15. The molecule has 3 rings (SSSR count). The maximum absolute atomic E-state index is 11.7. The summed E-state index contributed by atoms with van der Waals surface area (Å²) in [5, 5.41) is 3.98. The number of ether oxygens (including phenoxy) is 1. The number of carbonyl (C=O) groups excluding carboxylic acids is 1. The summed E-state index contributed by atoms with van der Waals surface area (Å²) in [6.07, 6.45) is 2.40. The molecule has 0 amide bonds. The quantitative estimate of drug-likeness (QED) is 0.803. The fraction of sp³-hybridized carbons (Fsp3) is 0.400. The molecular formula is C15H16N2O3. The minimum absolute atomic E-state index is 0.138. The van der Waals surface area contributed by atoms with Gasteiger partial charge in [0.2, 0.25) is 11.7 Å². The van der Waals surface area contributed by atoms with Gasteiger partial charge in [-0.05, 0) is 30.0 Å². The van der Waals surface area contributed by atoms with E-state index in [2.05, 4.69) is 10.1 Å². The number of hydrogen-bond acceptors (Lipinski definition) is 5. The first-order valence-corrected chi connectivity index (χ1v) is 6.76. The summed E-state index contributed by atoms with van der Waals surface area (Å²) in [7, 11) is 1.43. The Kier molecular flexibility index (Phi) is 3.26. The topological polar surface area (TPSA) is 65.2 Å². The number of nitrogens with zero attached hydrogens (tertiary/aromatic N) is 2. The van der Waals surface area contributed by atoms with Gasteiger partial charge in [0, 0.05) is 12.0 Å². The van der Waals surface area contributed by atoms with Crippen LogP contribution in [0.5, 0.6) is 0 Å². The van der Waals surface area contributed by atoms with Crippen LogP contribution in [0.25, 0.3) is 11.4 Å². The average molecular weight is 272 g/mol. The van der Waals surface area contributed by atoms with Gasteiger partial charge in [-0.2, -0.15) is 4.98 Å². The van der Waals surface area contributed by atoms with Crippen molar-refractivity contribution in [3.8, 4) is 11.4 Å². The van der Waals surface area contributed by atoms with Gasteiger partial charge in [0.25, 0.3) is 0 Å². The molecule has 1 aromatic carbocycles. The van der Waals surface area contributed by atoms with Gasteiger partial charge in [-0.25, -0.2) is 0 Å². The van der Waals surface area contributed by atoms with Crippen molar-refractivity contribution < 1.29 is 14.1 Å². The molecule has 1 aromatic heterocycles. The second-order valence-corrected chi connectivity index (χ2v) is 4.89. The Morgan fingerprint density at radius 1 is 1.50 bits per heavy atom. The number of esters is 1. The van der Waals surface area contributed by atoms with E-state index in [4.69, 9.17) is 9.26 Å². The number of aryl methyl sites for hydroxylation is 2. The molecule has 20 heavy (non-hydrogen) atoms. The van der Waals surface area contributed by atoms with E-state index in [1.54, 1.807) is 0 Å². The SMILES string of the molecule is CCc1nc(-c2ccc3c(c2)CCC3C(=O)OC)no1. The van der Waals surface area contributed by atoms with E-state index in [0.29, 0.717) is 11.7 Å². The van der Waals surface area contributed by atoms with E-state index in [1.165, 1.54) is 12.7 Å². The number of methoxy groups -OCH3 is 1. The van der Waals surface area contributed by atoms with Crippen molar-refractivity contribution in [2.75, 3.05) is 7.11 Å². The van der Waals surface area contributed by atoms with Crippen molar-refractivity contribution in [2.24, 2.45) is 0 Å². The second kappa shape index (κ2) is 5.07. The van der Waals surface area contributed by atoms with Crippen LogP contribution in [0.4, 0.5) is 0 Å². The Morgan fingerprint density at radius 2 is 2.35 bits per heavy atom. The lowest BCUT2D eigenvalue weighted by Gasteiger charge is -2.08. The van der Waals surface area contributed by atoms with Crippen LogP contribution in [0, 0.1) is 0 Å². The van der Waals surface area contributed by atoms with Gasteiger partial charge in [0.05, 0.1) is 13.0 Å². The molecule has 0 N–H and O–H groups in total. The van der Waals surface area contributed by atoms with Crippen LogP contribution in [0.3, 0.4) is 0 Å². The molecule has 5 heteroatoms. The third-order valence-electron chi connectivity index (χ3n) is 3.74. The molecule has 1 heterocycles. The van der Waals surface area contributed by atoms with Crippen molar-refractivity contribution in [1.29, 1.82) is 0 Å². The monoisotopic (exact) mass is 272 g/mol. The number of rotatable bonds is 3. The standard InChI is InChI=1S/C15H16N2O3/c1-3-13-16-14(17-20-13)10-5-6-11-9(8-10)4-7-12(11)15(18)19-2/h5-6,8,12H,3-4,7H2,1-2H3. The predicted octanol–water partition coefficient (Wildman–Crippen LogP) is 2.50. The Morgan fingerprint density at radius 3 is 3.05 bits per heavy atom. The van der Waals surface area contributed by atoms with Gasteiger partial charge in [-0.3, -0.25) is 4.79 Å². The average Bonchev–Trinajstić information content (AvgIpc) is 3.12. The van der Waals surface area contributed by atoms with E-state index < -0.39 is 0 Å². The molecule has 0 radical (unpaired) electrons. The first kappa shape index (κ1) is 12.8. The van der Waals surface area contributed by atoms with Crippen LogP contribution < -0.4 is 0 Å². The summed E-state index contributed by atoms with van der Waals surface area (Å²) in [4.78, 5) is 16.0. The van der Waals surface area contributed by atoms with Gasteiger partial charge in [0.15, 0.2) is 0 Å². The highest BCUT2D eigenvalue weighted by molar-refractivity contribution is 5.80. The van der Waals surface area contributed by atoms with Gasteiger partial charge in [0.1, 0.15) is 0 Å². The Labute approximate surface area is 116 Å². The van der Waals surface area contributed by atoms with Crippen LogP contribution >= 0.6 is 0 Å². The number of carbonyl (C=O) groups is 1. The third-order valence-corrected chi connectivity index (χ3v) is 3.74. The third kappa shape index (κ3) is 2.09. The van der Waals surface area contributed by atoms with Crippen LogP contribution in [0.2, 0.25) is 0 Å². The van der Waals surface area contributed by atoms with Crippen LogP contribution in [0.1, 0.15) is 36.3 Å². The Balaban J connectivity index is 1.93. The molecule has 5 nitrogen and oxygen atoms in total. The lowest BCUT2D eigenvalue weighted by atomic mass is 10.00. The smallest absolute Gasteiger partial charge is 0.313 e. The van der Waals surface area contributed by atoms with Crippen molar-refractivity contribution >= 4 is 5.97 Å². The minimum atomic E-state index is -0.163. The Bertz CT molecular complexity index is 648. The molecule has 2 aromatic rings. The summed E-state index contributed by atoms with van der Waals surface area (Å²) in [5.74, 6) is 0.934. The summed E-state index contributed by atoms with van der Waals surface area (Å²) in [6, 6.07) is 5.95. The molecule has 1 aliphatic carbocycles. The molecular weight excluding hydrogens is 256 g/mol. The van der Waals surface area contributed by atoms with Gasteiger partial charge < -0.3 is 9.26 Å². The first-order valence-electron chi connectivity index (χ1n) is 6.76. The normalized spacial score (nSPS) is 17.0. The lowest BCUT2D eigenvalue weighted by molar-refractivity contribution is -0.142. The molecule has 1 aliphatic rings. The lowest BCUT2D eigenvalue weighted by Crippen LogP contribution is -2.11. The molecule has 0 saturated carbocycles. The maximum Gasteiger partial charge on any atom is 0.313 e. The zero-order valence-corrected chi connectivity index (χ0v) is 11.5. The van der Waals surface area contributed by atoms with E-state index in [0.717, 1.165) is 30.4 Å². The van der Waals surface area contributed by atoms with E-state index in [9.17, 15) is 4.79 Å². The zero-order valence-electron chi connectivity index (χ0n) is 11.5. The van der Waals surface area contributed by atoms with Gasteiger partial charge >= 0.3 is 5.97 Å². The van der Waals surface area contributed by atoms with Crippen LogP contribution in [-0.2, 0) is 22.4 Å². The van der Waals surface area contributed by atoms with E-state index >= 15 is 0 Å². The fourth-order valence-corrected chi connectivity index (χ4v) is 2.66. The van der Waals surface area contributed by atoms with Crippen molar-refractivity contribution in [3.05, 3.63) is 35.2 Å². The molecule has 0 aliphatic heterocycles. The molecule has 0 fully saturated rings. The second-order valence-electron chi connectivity index (χ2n) is 4.89. The van der Waals surface area contributed by atoms with Crippen LogP contribution in [0.15, 0.2) is 22.7 Å².